The third kappa shape index (κ3) is 3.58. The molecular weight excluding hydrogens is 432 g/mol. The van der Waals surface area contributed by atoms with Crippen LogP contribution in [0.3, 0.4) is 0 Å². The number of alkyl halides is 1. The molecule has 2 heteroatoms. The number of carbonyl (C=O) groups excluding carboxylic acids is 1. The Morgan fingerprint density at radius 2 is 1.73 bits per heavy atom. The van der Waals surface area contributed by atoms with Gasteiger partial charge in [-0.05, 0) is 96.7 Å². The van der Waals surface area contributed by atoms with Gasteiger partial charge < -0.3 is 0 Å². The molecule has 0 aromatic rings. The molecule has 0 amide bonds. The van der Waals surface area contributed by atoms with E-state index < -0.39 is 0 Å². The maximum absolute atomic E-state index is 12.6. The van der Waals surface area contributed by atoms with Crippen LogP contribution in [0, 0.1) is 58.2 Å². The molecule has 4 fully saturated rings. The van der Waals surface area contributed by atoms with Gasteiger partial charge in [0.15, 0.2) is 0 Å². The molecule has 0 aliphatic heterocycles. The molecule has 0 bridgehead atoms. The van der Waals surface area contributed by atoms with Crippen molar-refractivity contribution in [3.63, 3.8) is 0 Å². The second kappa shape index (κ2) is 8.49. The first kappa shape index (κ1) is 23.3. The monoisotopic (exact) mass is 478 g/mol. The number of halogens is 1. The number of hydrogen-bond donors (Lipinski definition) is 0. The zero-order chi connectivity index (χ0) is 21.8. The van der Waals surface area contributed by atoms with Gasteiger partial charge in [0.05, 0.1) is 4.83 Å². The molecule has 0 aromatic carbocycles. The van der Waals surface area contributed by atoms with Crippen LogP contribution in [0.25, 0.3) is 0 Å². The summed E-state index contributed by atoms with van der Waals surface area (Å²) in [4.78, 5) is 12.7. The van der Waals surface area contributed by atoms with Crippen LogP contribution in [0.1, 0.15) is 106 Å². The first-order valence-electron chi connectivity index (χ1n) is 13.3. The Morgan fingerprint density at radius 3 is 2.43 bits per heavy atom. The number of ketones is 1. The normalized spacial score (nSPS) is 49.5. The van der Waals surface area contributed by atoms with E-state index in [0.717, 1.165) is 41.9 Å². The standard InChI is InChI=1S/C28H47BrO/c1-17(2)8-7-9-18(3)22-12-13-23-21-11-10-20-16-25(30)26(29)19(4)28(20,6)24(21)14-15-27(22,23)5/h17-24,26H,7-16H2,1-6H3/t18-,19-,20-,21+,22-,23+,24+,26+,27-,28+/m1/s1. The van der Waals surface area contributed by atoms with Gasteiger partial charge >= 0.3 is 0 Å². The van der Waals surface area contributed by atoms with Crippen molar-refractivity contribution >= 4 is 21.7 Å². The van der Waals surface area contributed by atoms with Crippen LogP contribution in [0.4, 0.5) is 0 Å². The molecule has 4 saturated carbocycles. The van der Waals surface area contributed by atoms with Crippen LogP contribution in [-0.2, 0) is 4.79 Å². The molecule has 0 unspecified atom stereocenters. The van der Waals surface area contributed by atoms with Gasteiger partial charge in [0.25, 0.3) is 0 Å². The minimum absolute atomic E-state index is 0.0862. The van der Waals surface area contributed by atoms with E-state index >= 15 is 0 Å². The fraction of sp³-hybridized carbons (Fsp3) is 0.964. The van der Waals surface area contributed by atoms with Gasteiger partial charge in [-0.15, -0.1) is 0 Å². The number of Topliss-reactive ketones (excluding diaryl/α,β-unsaturated/α-hetero) is 1. The quantitative estimate of drug-likeness (QED) is 0.363. The molecule has 0 radical (unpaired) electrons. The number of fused-ring (bicyclic) bond motifs is 5. The van der Waals surface area contributed by atoms with Crippen molar-refractivity contribution in [2.45, 2.75) is 111 Å². The lowest BCUT2D eigenvalue weighted by Crippen LogP contribution is -2.59. The third-order valence-electron chi connectivity index (χ3n) is 11.3. The second-order valence-corrected chi connectivity index (χ2v) is 13.9. The molecule has 30 heavy (non-hydrogen) atoms. The second-order valence-electron chi connectivity index (χ2n) is 12.9. The summed E-state index contributed by atoms with van der Waals surface area (Å²) in [5.74, 6) is 6.94. The summed E-state index contributed by atoms with van der Waals surface area (Å²) in [6.45, 7) is 15.0. The molecule has 0 heterocycles. The Labute approximate surface area is 195 Å². The van der Waals surface area contributed by atoms with E-state index in [9.17, 15) is 4.79 Å². The maximum atomic E-state index is 12.6. The molecule has 0 N–H and O–H groups in total. The molecule has 1 nitrogen and oxygen atoms in total. The summed E-state index contributed by atoms with van der Waals surface area (Å²) in [6, 6.07) is 0. The highest BCUT2D eigenvalue weighted by molar-refractivity contribution is 9.10. The van der Waals surface area contributed by atoms with Gasteiger partial charge in [0.1, 0.15) is 5.78 Å². The van der Waals surface area contributed by atoms with E-state index in [1.807, 2.05) is 0 Å². The zero-order valence-electron chi connectivity index (χ0n) is 20.6. The average molecular weight is 480 g/mol. The van der Waals surface area contributed by atoms with Crippen molar-refractivity contribution in [3.8, 4) is 0 Å². The summed E-state index contributed by atoms with van der Waals surface area (Å²) in [5, 5.41) is 0. The van der Waals surface area contributed by atoms with Crippen LogP contribution >= 0.6 is 15.9 Å². The Kier molecular flexibility index (Phi) is 6.60. The van der Waals surface area contributed by atoms with E-state index in [2.05, 4.69) is 57.5 Å². The van der Waals surface area contributed by atoms with Crippen molar-refractivity contribution < 1.29 is 4.79 Å². The van der Waals surface area contributed by atoms with Gasteiger partial charge in [-0.25, -0.2) is 0 Å². The fourth-order valence-electron chi connectivity index (χ4n) is 9.48. The summed E-state index contributed by atoms with van der Waals surface area (Å²) < 4.78 is 0. The lowest BCUT2D eigenvalue weighted by Gasteiger charge is -2.63. The lowest BCUT2D eigenvalue weighted by atomic mass is 9.42. The molecule has 172 valence electrons. The Morgan fingerprint density at radius 1 is 1.00 bits per heavy atom. The zero-order valence-corrected chi connectivity index (χ0v) is 22.1. The average Bonchev–Trinajstić information content (AvgIpc) is 3.04. The minimum Gasteiger partial charge on any atom is -0.298 e. The molecule has 0 aromatic heterocycles. The van der Waals surface area contributed by atoms with E-state index in [1.165, 1.54) is 57.8 Å². The van der Waals surface area contributed by atoms with Crippen molar-refractivity contribution in [1.82, 2.24) is 0 Å². The molecule has 4 aliphatic rings. The van der Waals surface area contributed by atoms with Gasteiger partial charge in [0, 0.05) is 6.42 Å². The first-order chi connectivity index (χ1) is 14.1. The topological polar surface area (TPSA) is 17.1 Å². The van der Waals surface area contributed by atoms with Crippen molar-refractivity contribution in [1.29, 1.82) is 0 Å². The van der Waals surface area contributed by atoms with E-state index in [-0.39, 0.29) is 4.83 Å². The van der Waals surface area contributed by atoms with Crippen molar-refractivity contribution in [2.75, 3.05) is 0 Å². The van der Waals surface area contributed by atoms with Gasteiger partial charge in [-0.1, -0.05) is 76.7 Å². The highest BCUT2D eigenvalue weighted by Crippen LogP contribution is 2.69. The van der Waals surface area contributed by atoms with Crippen molar-refractivity contribution in [2.24, 2.45) is 58.2 Å². The maximum Gasteiger partial charge on any atom is 0.147 e. The number of hydrogen-bond acceptors (Lipinski definition) is 1. The number of carbonyl (C=O) groups is 1. The van der Waals surface area contributed by atoms with Crippen LogP contribution in [-0.4, -0.2) is 10.6 Å². The largest absolute Gasteiger partial charge is 0.298 e. The molecular formula is C28H47BrO. The van der Waals surface area contributed by atoms with Crippen LogP contribution in [0.15, 0.2) is 0 Å². The highest BCUT2D eigenvalue weighted by Gasteiger charge is 2.63. The first-order valence-corrected chi connectivity index (χ1v) is 14.2. The smallest absolute Gasteiger partial charge is 0.147 e. The molecule has 4 rings (SSSR count). The van der Waals surface area contributed by atoms with E-state index in [0.29, 0.717) is 28.4 Å². The lowest BCUT2D eigenvalue weighted by molar-refractivity contribution is -0.151. The Balaban J connectivity index is 1.51. The fourth-order valence-corrected chi connectivity index (χ4v) is 10.2. The summed E-state index contributed by atoms with van der Waals surface area (Å²) in [5.41, 5.74) is 0.927. The Hall–Kier alpha value is 0.150. The highest BCUT2D eigenvalue weighted by atomic mass is 79.9. The van der Waals surface area contributed by atoms with Gasteiger partial charge in [-0.3, -0.25) is 4.79 Å². The SMILES string of the molecule is CC(C)CCC[C@@H](C)[C@H]1CC[C@H]2[C@@H]3CC[C@@H]4CC(=O)[C@@H](Br)[C@@H](C)[C@]4(C)[C@H]3CC[C@]12C. The van der Waals surface area contributed by atoms with Gasteiger partial charge in [0.2, 0.25) is 0 Å². The summed E-state index contributed by atoms with van der Waals surface area (Å²) in [6.07, 6.45) is 13.6. The predicted molar refractivity (Wildman–Crippen MR) is 131 cm³/mol. The van der Waals surface area contributed by atoms with Crippen LogP contribution in [0.2, 0.25) is 0 Å². The van der Waals surface area contributed by atoms with Crippen LogP contribution in [0.5, 0.6) is 0 Å². The Bertz CT molecular complexity index is 639. The number of rotatable bonds is 5. The van der Waals surface area contributed by atoms with Crippen molar-refractivity contribution in [3.05, 3.63) is 0 Å². The molecule has 4 aliphatic carbocycles. The summed E-state index contributed by atoms with van der Waals surface area (Å²) in [7, 11) is 0. The van der Waals surface area contributed by atoms with Crippen LogP contribution < -0.4 is 0 Å². The van der Waals surface area contributed by atoms with E-state index in [1.54, 1.807) is 0 Å². The predicted octanol–water partition coefficient (Wildman–Crippen LogP) is 8.30. The minimum atomic E-state index is 0.0862. The summed E-state index contributed by atoms with van der Waals surface area (Å²) >= 11 is 3.81. The third-order valence-corrected chi connectivity index (χ3v) is 12.6. The molecule has 0 saturated heterocycles. The van der Waals surface area contributed by atoms with E-state index in [4.69, 9.17) is 0 Å². The molecule has 10 atom stereocenters. The van der Waals surface area contributed by atoms with Gasteiger partial charge in [-0.2, -0.15) is 0 Å². The molecule has 0 spiro atoms.